The monoisotopic (exact) mass is 577 g/mol. The van der Waals surface area contributed by atoms with E-state index in [4.69, 9.17) is 7.96 Å². The van der Waals surface area contributed by atoms with E-state index >= 15 is 0 Å². The van der Waals surface area contributed by atoms with Gasteiger partial charge in [-0.1, -0.05) is 0 Å². The normalized spacial score (nSPS) is 13.8. The zero-order valence-electron chi connectivity index (χ0n) is 20.9. The summed E-state index contributed by atoms with van der Waals surface area (Å²) in [4.78, 5) is 15.4. The molecule has 38 heavy (non-hydrogen) atoms. The second kappa shape index (κ2) is 8.88. The zero-order valence-corrected chi connectivity index (χ0v) is 23.4. The summed E-state index contributed by atoms with van der Waals surface area (Å²) in [5.41, 5.74) is 11.2. The standard InChI is InChI=1S/C32H23N3OSSe/c1-32(2)25-10-6-7-11-27(25)35(21-8-4-3-5-9-21)28-16-12-20(18-26(28)32)23-14-15-24(31-30(23)33-38-34-31)29-17-13-22(19-36)37-29/h3-19H,1-2H3. The number of anilines is 3. The molecule has 2 aromatic heterocycles. The van der Waals surface area contributed by atoms with Crippen molar-refractivity contribution < 1.29 is 4.79 Å². The first kappa shape index (κ1) is 23.3. The average molecular weight is 577 g/mol. The van der Waals surface area contributed by atoms with E-state index < -0.39 is 0 Å². The molecular weight excluding hydrogens is 553 g/mol. The van der Waals surface area contributed by atoms with Crippen LogP contribution in [0.4, 0.5) is 17.1 Å². The van der Waals surface area contributed by atoms with Gasteiger partial charge in [-0.3, -0.25) is 0 Å². The maximum absolute atomic E-state index is 11.3. The molecule has 6 heteroatoms. The van der Waals surface area contributed by atoms with Gasteiger partial charge in [-0.25, -0.2) is 0 Å². The van der Waals surface area contributed by atoms with Crippen LogP contribution >= 0.6 is 11.3 Å². The van der Waals surface area contributed by atoms with Crippen LogP contribution in [0.2, 0.25) is 0 Å². The van der Waals surface area contributed by atoms with Gasteiger partial charge in [0.1, 0.15) is 0 Å². The van der Waals surface area contributed by atoms with Crippen LogP contribution in [0.25, 0.3) is 32.6 Å². The molecule has 0 amide bonds. The van der Waals surface area contributed by atoms with Crippen LogP contribution in [0, 0.1) is 0 Å². The number of carbonyl (C=O) groups is 1. The Balaban J connectivity index is 1.41. The maximum atomic E-state index is 11.3. The third kappa shape index (κ3) is 3.52. The van der Waals surface area contributed by atoms with E-state index in [1.54, 1.807) is 0 Å². The fourth-order valence-corrected chi connectivity index (χ4v) is 7.64. The molecule has 0 bridgehead atoms. The molecule has 0 saturated heterocycles. The summed E-state index contributed by atoms with van der Waals surface area (Å²) >= 11 is 1.32. The van der Waals surface area contributed by atoms with Crippen molar-refractivity contribution in [3.63, 3.8) is 0 Å². The Kier molecular flexibility index (Phi) is 5.45. The number of aldehydes is 1. The number of aromatic nitrogens is 2. The Morgan fingerprint density at radius 3 is 2.26 bits per heavy atom. The van der Waals surface area contributed by atoms with E-state index in [-0.39, 0.29) is 20.4 Å². The van der Waals surface area contributed by atoms with Crippen molar-refractivity contribution in [2.45, 2.75) is 19.3 Å². The quantitative estimate of drug-likeness (QED) is 0.158. The first-order chi connectivity index (χ1) is 18.6. The minimum atomic E-state index is -0.177. The predicted molar refractivity (Wildman–Crippen MR) is 157 cm³/mol. The van der Waals surface area contributed by atoms with Crippen LogP contribution in [0.3, 0.4) is 0 Å². The van der Waals surface area contributed by atoms with Crippen LogP contribution in [0.15, 0.2) is 97.1 Å². The Hall–Kier alpha value is -3.83. The van der Waals surface area contributed by atoms with Gasteiger partial charge in [-0.2, -0.15) is 0 Å². The molecule has 3 heterocycles. The van der Waals surface area contributed by atoms with Crippen molar-refractivity contribution in [2.24, 2.45) is 0 Å². The van der Waals surface area contributed by atoms with E-state index in [1.807, 2.05) is 12.1 Å². The van der Waals surface area contributed by atoms with Crippen molar-refractivity contribution in [1.82, 2.24) is 7.96 Å². The topological polar surface area (TPSA) is 46.1 Å². The first-order valence-corrected chi connectivity index (χ1v) is 14.8. The molecular formula is C32H23N3OSSe. The molecule has 6 aromatic rings. The third-order valence-corrected chi connectivity index (χ3v) is 9.63. The molecule has 1 aliphatic rings. The average Bonchev–Trinajstić information content (AvgIpc) is 3.64. The number of thiophene rings is 1. The van der Waals surface area contributed by atoms with Crippen molar-refractivity contribution in [1.29, 1.82) is 0 Å². The molecule has 184 valence electrons. The SMILES string of the molecule is CC1(C)c2ccccc2N(c2ccccc2)c2ccc(-c3ccc(-c4ccc(C=O)s4)c4n[se]nc34)cc21. The Bertz CT molecular complexity index is 1840. The minimum absolute atomic E-state index is 0.172. The van der Waals surface area contributed by atoms with E-state index in [1.165, 1.54) is 33.8 Å². The Morgan fingerprint density at radius 1 is 0.763 bits per heavy atom. The summed E-state index contributed by atoms with van der Waals surface area (Å²) < 4.78 is 9.66. The molecule has 0 fully saturated rings. The fourth-order valence-electron chi connectivity index (χ4n) is 5.59. The third-order valence-electron chi connectivity index (χ3n) is 7.48. The molecule has 7 rings (SSSR count). The van der Waals surface area contributed by atoms with Crippen LogP contribution in [-0.4, -0.2) is 29.2 Å². The van der Waals surface area contributed by atoms with E-state index in [2.05, 4.69) is 104 Å². The Morgan fingerprint density at radius 2 is 1.47 bits per heavy atom. The van der Waals surface area contributed by atoms with Gasteiger partial charge in [0.25, 0.3) is 0 Å². The number of benzene rings is 4. The summed E-state index contributed by atoms with van der Waals surface area (Å²) in [5, 5.41) is 0. The summed E-state index contributed by atoms with van der Waals surface area (Å²) in [7, 11) is 0. The second-order valence-electron chi connectivity index (χ2n) is 9.99. The number of hydrogen-bond donors (Lipinski definition) is 0. The molecule has 0 radical (unpaired) electrons. The van der Waals surface area contributed by atoms with Gasteiger partial charge in [0, 0.05) is 0 Å². The van der Waals surface area contributed by atoms with E-state index in [0.29, 0.717) is 0 Å². The summed E-state index contributed by atoms with van der Waals surface area (Å²) in [6.07, 6.45) is 0.903. The number of hydrogen-bond acceptors (Lipinski definition) is 5. The van der Waals surface area contributed by atoms with E-state index in [9.17, 15) is 4.79 Å². The van der Waals surface area contributed by atoms with Gasteiger partial charge in [0.15, 0.2) is 0 Å². The summed E-state index contributed by atoms with van der Waals surface area (Å²) in [6.45, 7) is 4.63. The van der Waals surface area contributed by atoms with Gasteiger partial charge >= 0.3 is 232 Å². The first-order valence-electron chi connectivity index (χ1n) is 12.5. The number of carbonyl (C=O) groups excluding carboxylic acids is 1. The Labute approximate surface area is 231 Å². The number of nitrogens with zero attached hydrogens (tertiary/aromatic N) is 3. The molecule has 0 N–H and O–H groups in total. The summed E-state index contributed by atoms with van der Waals surface area (Å²) in [5.74, 6) is 0. The zero-order chi connectivity index (χ0) is 25.9. The molecule has 0 spiro atoms. The molecule has 0 saturated carbocycles. The van der Waals surface area contributed by atoms with Gasteiger partial charge in [0.2, 0.25) is 0 Å². The fraction of sp³-hybridized carbons (Fsp3) is 0.0938. The second-order valence-corrected chi connectivity index (χ2v) is 12.2. The van der Waals surface area contributed by atoms with Crippen LogP contribution in [0.5, 0.6) is 0 Å². The number of fused-ring (bicyclic) bond motifs is 3. The summed E-state index contributed by atoms with van der Waals surface area (Å²) in [6, 6.07) is 34.3. The van der Waals surface area contributed by atoms with Crippen LogP contribution < -0.4 is 4.90 Å². The molecule has 0 atom stereocenters. The van der Waals surface area contributed by atoms with Crippen molar-refractivity contribution in [3.8, 4) is 21.6 Å². The van der Waals surface area contributed by atoms with E-state index in [0.717, 1.165) is 49.5 Å². The van der Waals surface area contributed by atoms with Gasteiger partial charge in [-0.05, 0) is 0 Å². The van der Waals surface area contributed by atoms with Crippen molar-refractivity contribution >= 4 is 60.7 Å². The molecule has 1 aliphatic heterocycles. The molecule has 0 aliphatic carbocycles. The van der Waals surface area contributed by atoms with Gasteiger partial charge < -0.3 is 0 Å². The van der Waals surface area contributed by atoms with Gasteiger partial charge in [0.05, 0.1) is 0 Å². The number of para-hydroxylation sites is 2. The van der Waals surface area contributed by atoms with Crippen LogP contribution in [-0.2, 0) is 5.41 Å². The van der Waals surface area contributed by atoms with Crippen molar-refractivity contribution in [3.05, 3.63) is 113 Å². The van der Waals surface area contributed by atoms with Gasteiger partial charge in [-0.15, -0.1) is 0 Å². The molecule has 0 unspecified atom stereocenters. The number of rotatable bonds is 4. The molecule has 4 aromatic carbocycles. The molecule has 4 nitrogen and oxygen atoms in total. The van der Waals surface area contributed by atoms with Crippen LogP contribution in [0.1, 0.15) is 34.6 Å². The van der Waals surface area contributed by atoms with Crippen molar-refractivity contribution in [2.75, 3.05) is 4.90 Å². The predicted octanol–water partition coefficient (Wildman–Crippen LogP) is 8.00.